The van der Waals surface area contributed by atoms with Gasteiger partial charge < -0.3 is 9.47 Å². The molecule has 1 saturated heterocycles. The van der Waals surface area contributed by atoms with Crippen LogP contribution in [0.5, 0.6) is 5.75 Å². The number of hydrogen-bond acceptors (Lipinski definition) is 6. The van der Waals surface area contributed by atoms with E-state index in [0.717, 1.165) is 55.2 Å². The predicted molar refractivity (Wildman–Crippen MR) is 133 cm³/mol. The number of thiazole rings is 1. The molecule has 0 radical (unpaired) electrons. The third-order valence-electron chi connectivity index (χ3n) is 5.18. The normalized spacial score (nSPS) is 14.2. The van der Waals surface area contributed by atoms with Crippen molar-refractivity contribution in [2.75, 3.05) is 51.4 Å². The van der Waals surface area contributed by atoms with Crippen LogP contribution in [-0.4, -0.2) is 62.3 Å². The Labute approximate surface area is 207 Å². The molecule has 0 saturated carbocycles. The molecule has 1 aliphatic rings. The molecule has 2 aromatic carbocycles. The quantitative estimate of drug-likeness (QED) is 0.421. The minimum atomic E-state index is -0.185. The third-order valence-corrected chi connectivity index (χ3v) is 6.77. The molecule has 0 unspecified atom stereocenters. The van der Waals surface area contributed by atoms with Crippen molar-refractivity contribution in [2.45, 2.75) is 6.42 Å². The molecule has 172 valence electrons. The number of halogens is 3. The van der Waals surface area contributed by atoms with Gasteiger partial charge in [-0.15, -0.1) is 12.4 Å². The van der Waals surface area contributed by atoms with Gasteiger partial charge in [0.1, 0.15) is 5.75 Å². The van der Waals surface area contributed by atoms with Crippen molar-refractivity contribution < 1.29 is 14.3 Å². The zero-order chi connectivity index (χ0) is 21.8. The number of methoxy groups -OCH3 is 1. The van der Waals surface area contributed by atoms with Crippen LogP contribution >= 0.6 is 46.9 Å². The molecule has 10 heteroatoms. The number of rotatable bonds is 7. The highest BCUT2D eigenvalue weighted by molar-refractivity contribution is 7.22. The minimum Gasteiger partial charge on any atom is -0.497 e. The van der Waals surface area contributed by atoms with Crippen LogP contribution in [0.3, 0.4) is 0 Å². The Morgan fingerprint density at radius 1 is 1.22 bits per heavy atom. The van der Waals surface area contributed by atoms with Crippen LogP contribution in [0.25, 0.3) is 10.2 Å². The Balaban J connectivity index is 0.00000289. The van der Waals surface area contributed by atoms with Crippen molar-refractivity contribution in [3.63, 3.8) is 0 Å². The maximum Gasteiger partial charge on any atom is 0.261 e. The molecule has 3 aromatic rings. The van der Waals surface area contributed by atoms with Gasteiger partial charge in [0, 0.05) is 31.2 Å². The number of fused-ring (bicyclic) bond motifs is 1. The van der Waals surface area contributed by atoms with Crippen molar-refractivity contribution in [2.24, 2.45) is 0 Å². The summed E-state index contributed by atoms with van der Waals surface area (Å²) < 4.78 is 11.7. The Bertz CT molecular complexity index is 1070. The van der Waals surface area contributed by atoms with Crippen LogP contribution in [0.1, 0.15) is 16.8 Å². The zero-order valence-corrected chi connectivity index (χ0v) is 20.7. The van der Waals surface area contributed by atoms with Crippen LogP contribution in [0.2, 0.25) is 10.0 Å². The van der Waals surface area contributed by atoms with E-state index in [1.165, 1.54) is 11.3 Å². The standard InChI is InChI=1S/C22H23Cl2N3O3S.ClH/c1-29-16-4-6-19-20(14-16)31-22(25-19)27(8-2-7-26-9-11-30-12-10-26)21(28)17-5-3-15(23)13-18(17)24;/h3-6,13-14H,2,7-12H2,1H3;1H. The molecule has 0 spiro atoms. The van der Waals surface area contributed by atoms with E-state index in [2.05, 4.69) is 4.90 Å². The van der Waals surface area contributed by atoms with Gasteiger partial charge in [0.05, 0.1) is 41.1 Å². The Hall–Kier alpha value is -1.61. The van der Waals surface area contributed by atoms with E-state index in [0.29, 0.717) is 27.3 Å². The van der Waals surface area contributed by atoms with Gasteiger partial charge in [-0.2, -0.15) is 0 Å². The minimum absolute atomic E-state index is 0. The van der Waals surface area contributed by atoms with Crippen LogP contribution in [0, 0.1) is 0 Å². The molecule has 2 heterocycles. The summed E-state index contributed by atoms with van der Waals surface area (Å²) >= 11 is 13.8. The summed E-state index contributed by atoms with van der Waals surface area (Å²) in [5, 5.41) is 1.47. The number of carbonyl (C=O) groups excluding carboxylic acids is 1. The first kappa shape index (κ1) is 25.0. The number of carbonyl (C=O) groups is 1. The van der Waals surface area contributed by atoms with E-state index < -0.39 is 0 Å². The van der Waals surface area contributed by atoms with Gasteiger partial charge in [0.25, 0.3) is 5.91 Å². The summed E-state index contributed by atoms with van der Waals surface area (Å²) in [6.45, 7) is 4.76. The molecule has 1 aromatic heterocycles. The number of hydrogen-bond donors (Lipinski definition) is 0. The van der Waals surface area contributed by atoms with Gasteiger partial charge in [-0.1, -0.05) is 34.5 Å². The van der Waals surface area contributed by atoms with Crippen LogP contribution in [0.15, 0.2) is 36.4 Å². The highest BCUT2D eigenvalue weighted by Crippen LogP contribution is 2.33. The molecular weight excluding hydrogens is 493 g/mol. The first-order valence-electron chi connectivity index (χ1n) is 10.1. The topological polar surface area (TPSA) is 54.9 Å². The van der Waals surface area contributed by atoms with Crippen molar-refractivity contribution in [3.8, 4) is 5.75 Å². The molecule has 0 atom stereocenters. The van der Waals surface area contributed by atoms with Gasteiger partial charge >= 0.3 is 0 Å². The van der Waals surface area contributed by atoms with E-state index in [-0.39, 0.29) is 18.3 Å². The second kappa shape index (κ2) is 11.5. The highest BCUT2D eigenvalue weighted by Gasteiger charge is 2.24. The van der Waals surface area contributed by atoms with Crippen molar-refractivity contribution in [1.82, 2.24) is 9.88 Å². The fourth-order valence-corrected chi connectivity index (χ4v) is 5.01. The van der Waals surface area contributed by atoms with Gasteiger partial charge in [-0.25, -0.2) is 4.98 Å². The van der Waals surface area contributed by atoms with Crippen molar-refractivity contribution in [3.05, 3.63) is 52.0 Å². The van der Waals surface area contributed by atoms with Gasteiger partial charge in [0.15, 0.2) is 5.13 Å². The summed E-state index contributed by atoms with van der Waals surface area (Å²) in [7, 11) is 1.63. The largest absolute Gasteiger partial charge is 0.497 e. The summed E-state index contributed by atoms with van der Waals surface area (Å²) in [6, 6.07) is 10.6. The van der Waals surface area contributed by atoms with E-state index in [9.17, 15) is 4.79 Å². The molecule has 1 fully saturated rings. The van der Waals surface area contributed by atoms with Gasteiger partial charge in [-0.3, -0.25) is 14.6 Å². The van der Waals surface area contributed by atoms with Gasteiger partial charge in [0.2, 0.25) is 0 Å². The summed E-state index contributed by atoms with van der Waals surface area (Å²) in [4.78, 5) is 22.2. The molecular formula is C22H24Cl3N3O3S. The number of anilines is 1. The Morgan fingerprint density at radius 3 is 2.72 bits per heavy atom. The maximum atomic E-state index is 13.5. The van der Waals surface area contributed by atoms with Crippen LogP contribution < -0.4 is 9.64 Å². The number of ether oxygens (including phenoxy) is 2. The molecule has 32 heavy (non-hydrogen) atoms. The number of nitrogens with zero attached hydrogens (tertiary/aromatic N) is 3. The first-order chi connectivity index (χ1) is 15.0. The SMILES string of the molecule is COc1ccc2nc(N(CCCN3CCOCC3)C(=O)c3ccc(Cl)cc3Cl)sc2c1.Cl. The molecule has 1 aliphatic heterocycles. The molecule has 0 bridgehead atoms. The number of aromatic nitrogens is 1. The number of amides is 1. The lowest BCUT2D eigenvalue weighted by Gasteiger charge is -2.27. The van der Waals surface area contributed by atoms with Crippen molar-refractivity contribution in [1.29, 1.82) is 0 Å². The fraction of sp³-hybridized carbons (Fsp3) is 0.364. The van der Waals surface area contributed by atoms with E-state index in [4.69, 9.17) is 37.7 Å². The first-order valence-corrected chi connectivity index (χ1v) is 11.6. The number of morpholine rings is 1. The van der Waals surface area contributed by atoms with E-state index >= 15 is 0 Å². The predicted octanol–water partition coefficient (Wildman–Crippen LogP) is 5.40. The summed E-state index contributed by atoms with van der Waals surface area (Å²) in [5.41, 5.74) is 1.24. The second-order valence-electron chi connectivity index (χ2n) is 7.22. The van der Waals surface area contributed by atoms with Crippen LogP contribution in [0.4, 0.5) is 5.13 Å². The van der Waals surface area contributed by atoms with Crippen molar-refractivity contribution >= 4 is 68.2 Å². The smallest absolute Gasteiger partial charge is 0.261 e. The molecule has 1 amide bonds. The maximum absolute atomic E-state index is 13.5. The number of benzene rings is 2. The zero-order valence-electron chi connectivity index (χ0n) is 17.6. The second-order valence-corrected chi connectivity index (χ2v) is 9.07. The monoisotopic (exact) mass is 515 g/mol. The Kier molecular flexibility index (Phi) is 8.99. The lowest BCUT2D eigenvalue weighted by Crippen LogP contribution is -2.39. The molecule has 6 nitrogen and oxygen atoms in total. The Morgan fingerprint density at radius 2 is 2.00 bits per heavy atom. The molecule has 0 aliphatic carbocycles. The van der Waals surface area contributed by atoms with Gasteiger partial charge in [-0.05, 0) is 42.8 Å². The van der Waals surface area contributed by atoms with E-state index in [1.807, 2.05) is 18.2 Å². The highest BCUT2D eigenvalue weighted by atomic mass is 35.5. The molecule has 4 rings (SSSR count). The summed E-state index contributed by atoms with van der Waals surface area (Å²) in [5.74, 6) is 0.573. The molecule has 0 N–H and O–H groups in total. The lowest BCUT2D eigenvalue weighted by molar-refractivity contribution is 0.0376. The summed E-state index contributed by atoms with van der Waals surface area (Å²) in [6.07, 6.45) is 0.816. The van der Waals surface area contributed by atoms with Crippen LogP contribution in [-0.2, 0) is 4.74 Å². The average molecular weight is 517 g/mol. The average Bonchev–Trinajstić information content (AvgIpc) is 3.20. The lowest BCUT2D eigenvalue weighted by atomic mass is 10.2. The van der Waals surface area contributed by atoms with E-state index in [1.54, 1.807) is 30.2 Å². The third kappa shape index (κ3) is 5.84. The fourth-order valence-electron chi connectivity index (χ4n) is 3.50.